The molecule has 168 valence electrons. The quantitative estimate of drug-likeness (QED) is 0.680. The second-order valence-electron chi connectivity index (χ2n) is 9.25. The summed E-state index contributed by atoms with van der Waals surface area (Å²) in [6.45, 7) is 2.40. The molecule has 2 amide bonds. The Labute approximate surface area is 181 Å². The molecule has 0 radical (unpaired) electrons. The van der Waals surface area contributed by atoms with Crippen molar-refractivity contribution in [2.24, 2.45) is 0 Å². The maximum absolute atomic E-state index is 14.7. The average Bonchev–Trinajstić information content (AvgIpc) is 3.04. The van der Waals surface area contributed by atoms with Crippen molar-refractivity contribution in [1.82, 2.24) is 10.2 Å². The van der Waals surface area contributed by atoms with Crippen molar-refractivity contribution >= 4 is 11.8 Å². The summed E-state index contributed by atoms with van der Waals surface area (Å²) < 4.78 is 32.8. The molecule has 5 aliphatic rings. The summed E-state index contributed by atoms with van der Waals surface area (Å²) in [6.07, 6.45) is 4.23. The lowest BCUT2D eigenvalue weighted by molar-refractivity contribution is -0.157. The lowest BCUT2D eigenvalue weighted by atomic mass is 9.82. The van der Waals surface area contributed by atoms with Gasteiger partial charge in [-0.2, -0.15) is 0 Å². The lowest BCUT2D eigenvalue weighted by Crippen LogP contribution is -2.61. The number of halogens is 1. The number of para-hydroxylation sites is 1. The van der Waals surface area contributed by atoms with E-state index in [0.717, 1.165) is 31.2 Å². The second kappa shape index (κ2) is 8.06. The van der Waals surface area contributed by atoms with Crippen LogP contribution in [0.25, 0.3) is 0 Å². The molecule has 8 heteroatoms. The summed E-state index contributed by atoms with van der Waals surface area (Å²) in [5.74, 6) is -0.414. The second-order valence-corrected chi connectivity index (χ2v) is 9.25. The Morgan fingerprint density at radius 1 is 1.16 bits per heavy atom. The fraction of sp³-hybridized carbons (Fsp3) is 0.652. The SMILES string of the molecule is C[C@@H]1CC2(CNC(=O)CO2)C2COC3CCC(CC3)c3cccc(F)c3OCC(=O)N21. The van der Waals surface area contributed by atoms with Gasteiger partial charge in [-0.05, 0) is 44.6 Å². The summed E-state index contributed by atoms with van der Waals surface area (Å²) in [6, 6.07) is 4.55. The third kappa shape index (κ3) is 3.69. The molecule has 6 rings (SSSR count). The van der Waals surface area contributed by atoms with Crippen LogP contribution in [0, 0.1) is 5.82 Å². The van der Waals surface area contributed by atoms with E-state index in [1.807, 2.05) is 13.0 Å². The average molecular weight is 432 g/mol. The topological polar surface area (TPSA) is 77.1 Å². The van der Waals surface area contributed by atoms with Crippen LogP contribution in [0.3, 0.4) is 0 Å². The third-order valence-electron chi connectivity index (χ3n) is 7.36. The number of benzene rings is 1. The van der Waals surface area contributed by atoms with Crippen molar-refractivity contribution < 1.29 is 28.2 Å². The first kappa shape index (κ1) is 20.7. The number of rotatable bonds is 0. The number of morpholine rings is 1. The summed E-state index contributed by atoms with van der Waals surface area (Å²) in [5, 5.41) is 2.89. The highest BCUT2D eigenvalue weighted by molar-refractivity contribution is 5.80. The van der Waals surface area contributed by atoms with Gasteiger partial charge >= 0.3 is 0 Å². The molecule has 3 fully saturated rings. The van der Waals surface area contributed by atoms with Crippen LogP contribution in [0.2, 0.25) is 0 Å². The summed E-state index contributed by atoms with van der Waals surface area (Å²) in [4.78, 5) is 26.7. The van der Waals surface area contributed by atoms with Crippen LogP contribution in [-0.4, -0.2) is 66.9 Å². The highest BCUT2D eigenvalue weighted by atomic mass is 19.1. The van der Waals surface area contributed by atoms with Crippen molar-refractivity contribution in [3.8, 4) is 5.75 Å². The summed E-state index contributed by atoms with van der Waals surface area (Å²) >= 11 is 0. The number of ether oxygens (including phenoxy) is 3. The first-order valence-electron chi connectivity index (χ1n) is 11.2. The van der Waals surface area contributed by atoms with Gasteiger partial charge in [0.25, 0.3) is 5.91 Å². The lowest BCUT2D eigenvalue weighted by Gasteiger charge is -2.41. The zero-order valence-electron chi connectivity index (χ0n) is 17.8. The molecule has 3 atom stereocenters. The Bertz CT molecular complexity index is 860. The van der Waals surface area contributed by atoms with Gasteiger partial charge in [0.15, 0.2) is 18.2 Å². The Morgan fingerprint density at radius 3 is 2.71 bits per heavy atom. The molecule has 0 aromatic heterocycles. The van der Waals surface area contributed by atoms with E-state index < -0.39 is 11.4 Å². The van der Waals surface area contributed by atoms with Crippen LogP contribution >= 0.6 is 0 Å². The van der Waals surface area contributed by atoms with E-state index in [-0.39, 0.29) is 54.9 Å². The van der Waals surface area contributed by atoms with Crippen LogP contribution in [0.4, 0.5) is 4.39 Å². The van der Waals surface area contributed by atoms with Gasteiger partial charge in [0, 0.05) is 24.6 Å². The van der Waals surface area contributed by atoms with E-state index in [9.17, 15) is 14.0 Å². The number of hydrogen-bond acceptors (Lipinski definition) is 5. The number of amides is 2. The largest absolute Gasteiger partial charge is 0.480 e. The van der Waals surface area contributed by atoms with Gasteiger partial charge in [-0.1, -0.05) is 12.1 Å². The maximum atomic E-state index is 14.7. The van der Waals surface area contributed by atoms with Gasteiger partial charge in [-0.25, -0.2) is 4.39 Å². The predicted octanol–water partition coefficient (Wildman–Crippen LogP) is 2.14. The molecular weight excluding hydrogens is 403 g/mol. The van der Waals surface area contributed by atoms with E-state index in [2.05, 4.69) is 5.32 Å². The van der Waals surface area contributed by atoms with E-state index in [4.69, 9.17) is 14.2 Å². The van der Waals surface area contributed by atoms with Crippen molar-refractivity contribution in [1.29, 1.82) is 0 Å². The number of nitrogens with one attached hydrogen (secondary N) is 1. The zero-order valence-corrected chi connectivity index (χ0v) is 17.8. The molecule has 2 unspecified atom stereocenters. The van der Waals surface area contributed by atoms with Crippen LogP contribution in [0.1, 0.15) is 50.5 Å². The molecule has 1 aromatic carbocycles. The molecular formula is C23H29FN2O5. The molecule has 1 spiro atoms. The van der Waals surface area contributed by atoms with Gasteiger partial charge in [-0.15, -0.1) is 0 Å². The van der Waals surface area contributed by atoms with E-state index >= 15 is 0 Å². The minimum Gasteiger partial charge on any atom is -0.480 e. The van der Waals surface area contributed by atoms with E-state index in [1.165, 1.54) is 6.07 Å². The molecule has 31 heavy (non-hydrogen) atoms. The highest BCUT2D eigenvalue weighted by Gasteiger charge is 2.55. The normalized spacial score (nSPS) is 36.0. The Hall–Kier alpha value is -2.19. The molecule has 1 saturated carbocycles. The first-order chi connectivity index (χ1) is 15.0. The molecule has 1 aromatic rings. The van der Waals surface area contributed by atoms with Crippen LogP contribution < -0.4 is 10.1 Å². The maximum Gasteiger partial charge on any atom is 0.261 e. The smallest absolute Gasteiger partial charge is 0.261 e. The van der Waals surface area contributed by atoms with Gasteiger partial charge in [-0.3, -0.25) is 9.59 Å². The fourth-order valence-corrected chi connectivity index (χ4v) is 5.83. The number of carbonyl (C=O) groups excluding carboxylic acids is 2. The van der Waals surface area contributed by atoms with Gasteiger partial charge in [0.05, 0.1) is 18.8 Å². The molecule has 4 heterocycles. The van der Waals surface area contributed by atoms with E-state index in [1.54, 1.807) is 11.0 Å². The monoisotopic (exact) mass is 432 g/mol. The molecule has 2 saturated heterocycles. The summed E-state index contributed by atoms with van der Waals surface area (Å²) in [5.41, 5.74) is 0.162. The number of carbonyl (C=O) groups is 2. The molecule has 1 aliphatic carbocycles. The number of fused-ring (bicyclic) bond motifs is 5. The van der Waals surface area contributed by atoms with E-state index in [0.29, 0.717) is 19.6 Å². The zero-order chi connectivity index (χ0) is 21.6. The van der Waals surface area contributed by atoms with Crippen LogP contribution in [0.15, 0.2) is 18.2 Å². The van der Waals surface area contributed by atoms with Crippen molar-refractivity contribution in [2.45, 2.75) is 68.7 Å². The van der Waals surface area contributed by atoms with Crippen molar-refractivity contribution in [3.63, 3.8) is 0 Å². The number of nitrogens with zero attached hydrogens (tertiary/aromatic N) is 1. The Morgan fingerprint density at radius 2 is 1.97 bits per heavy atom. The van der Waals surface area contributed by atoms with Crippen molar-refractivity contribution in [3.05, 3.63) is 29.6 Å². The number of hydrogen-bond donors (Lipinski definition) is 1. The van der Waals surface area contributed by atoms with Gasteiger partial charge in [0.1, 0.15) is 12.2 Å². The minimum absolute atomic E-state index is 0.0224. The highest BCUT2D eigenvalue weighted by Crippen LogP contribution is 2.42. The summed E-state index contributed by atoms with van der Waals surface area (Å²) in [7, 11) is 0. The standard InChI is InChI=1S/C23H29FN2O5/c1-14-9-23(13-25-20(27)11-31-23)19-10-29-16-7-5-15(6-8-16)17-3-2-4-18(24)22(17)30-12-21(28)26(14)19/h2-4,14-16,19H,5-13H2,1H3,(H,25,27)/t14-,15?,16?,19?,23?/m1/s1. The van der Waals surface area contributed by atoms with Crippen molar-refractivity contribution in [2.75, 3.05) is 26.4 Å². The molecule has 7 nitrogen and oxygen atoms in total. The predicted molar refractivity (Wildman–Crippen MR) is 109 cm³/mol. The third-order valence-corrected chi connectivity index (χ3v) is 7.36. The fourth-order valence-electron chi connectivity index (χ4n) is 5.83. The van der Waals surface area contributed by atoms with Crippen LogP contribution in [0.5, 0.6) is 5.75 Å². The molecule has 4 aliphatic heterocycles. The molecule has 2 bridgehead atoms. The Kier molecular flexibility index (Phi) is 5.38. The first-order valence-corrected chi connectivity index (χ1v) is 11.2. The van der Waals surface area contributed by atoms with Gasteiger partial charge < -0.3 is 24.4 Å². The Balaban J connectivity index is 1.47. The molecule has 1 N–H and O–H groups in total. The minimum atomic E-state index is -0.677. The van der Waals surface area contributed by atoms with Crippen LogP contribution in [-0.2, 0) is 19.1 Å². The van der Waals surface area contributed by atoms with Gasteiger partial charge in [0.2, 0.25) is 5.91 Å².